The van der Waals surface area contributed by atoms with E-state index in [-0.39, 0.29) is 11.9 Å². The maximum absolute atomic E-state index is 11.4. The Hall–Kier alpha value is -0.570. The largest absolute Gasteiger partial charge is 0.352 e. The minimum atomic E-state index is -0.331. The molecule has 1 aliphatic rings. The van der Waals surface area contributed by atoms with Gasteiger partial charge in [-0.3, -0.25) is 4.79 Å². The first-order valence-electron chi connectivity index (χ1n) is 5.21. The van der Waals surface area contributed by atoms with Crippen LogP contribution < -0.4 is 11.1 Å². The molecule has 0 saturated heterocycles. The molecule has 13 heavy (non-hydrogen) atoms. The van der Waals surface area contributed by atoms with Gasteiger partial charge in [-0.15, -0.1) is 0 Å². The molecule has 0 aromatic carbocycles. The fourth-order valence-corrected chi connectivity index (χ4v) is 1.57. The van der Waals surface area contributed by atoms with Gasteiger partial charge in [0, 0.05) is 6.04 Å². The molecular formula is C10H20N2O. The van der Waals surface area contributed by atoms with Crippen molar-refractivity contribution in [2.45, 2.75) is 51.6 Å². The summed E-state index contributed by atoms with van der Waals surface area (Å²) in [6.45, 7) is 4.00. The summed E-state index contributed by atoms with van der Waals surface area (Å²) in [5.41, 5.74) is 5.61. The lowest BCUT2D eigenvalue weighted by molar-refractivity contribution is -0.123. The molecule has 1 saturated carbocycles. The number of hydrogen-bond donors (Lipinski definition) is 2. The van der Waals surface area contributed by atoms with Crippen molar-refractivity contribution in [1.82, 2.24) is 5.32 Å². The van der Waals surface area contributed by atoms with Gasteiger partial charge in [-0.2, -0.15) is 0 Å². The Morgan fingerprint density at radius 1 is 1.62 bits per heavy atom. The Bertz CT molecular complexity index is 178. The molecule has 3 N–H and O–H groups in total. The zero-order valence-electron chi connectivity index (χ0n) is 8.55. The first kappa shape index (κ1) is 10.5. The van der Waals surface area contributed by atoms with E-state index in [1.54, 1.807) is 0 Å². The molecule has 76 valence electrons. The van der Waals surface area contributed by atoms with Crippen LogP contribution in [0.25, 0.3) is 0 Å². The SMILES string of the molecule is CC[C@@H](N)C(=O)NC(C)C1CCC1. The molecule has 0 aromatic rings. The second-order valence-electron chi connectivity index (χ2n) is 4.00. The number of carbonyl (C=O) groups excluding carboxylic acids is 1. The van der Waals surface area contributed by atoms with Crippen LogP contribution in [0, 0.1) is 5.92 Å². The van der Waals surface area contributed by atoms with E-state index in [0.717, 1.165) is 0 Å². The van der Waals surface area contributed by atoms with Crippen LogP contribution in [-0.2, 0) is 4.79 Å². The number of carbonyl (C=O) groups is 1. The van der Waals surface area contributed by atoms with Gasteiger partial charge in [-0.05, 0) is 32.1 Å². The summed E-state index contributed by atoms with van der Waals surface area (Å²) in [5, 5.41) is 2.97. The molecule has 1 amide bonds. The fourth-order valence-electron chi connectivity index (χ4n) is 1.57. The molecule has 0 radical (unpaired) electrons. The normalized spacial score (nSPS) is 21.8. The van der Waals surface area contributed by atoms with Gasteiger partial charge < -0.3 is 11.1 Å². The summed E-state index contributed by atoms with van der Waals surface area (Å²) >= 11 is 0. The summed E-state index contributed by atoms with van der Waals surface area (Å²) in [6.07, 6.45) is 4.53. The lowest BCUT2D eigenvalue weighted by Gasteiger charge is -2.32. The fraction of sp³-hybridized carbons (Fsp3) is 0.900. The molecule has 0 heterocycles. The number of amides is 1. The van der Waals surface area contributed by atoms with Crippen LogP contribution in [0.5, 0.6) is 0 Å². The summed E-state index contributed by atoms with van der Waals surface area (Å²) in [6, 6.07) is -0.0265. The minimum Gasteiger partial charge on any atom is -0.352 e. The van der Waals surface area contributed by atoms with E-state index in [4.69, 9.17) is 5.73 Å². The van der Waals surface area contributed by atoms with Crippen molar-refractivity contribution in [3.63, 3.8) is 0 Å². The van der Waals surface area contributed by atoms with Gasteiger partial charge in [-0.25, -0.2) is 0 Å². The first-order chi connectivity index (χ1) is 6.15. The lowest BCUT2D eigenvalue weighted by Crippen LogP contribution is -2.47. The van der Waals surface area contributed by atoms with Crippen molar-refractivity contribution >= 4 is 5.91 Å². The van der Waals surface area contributed by atoms with Crippen molar-refractivity contribution in [3.8, 4) is 0 Å². The van der Waals surface area contributed by atoms with Gasteiger partial charge in [0.15, 0.2) is 0 Å². The third-order valence-corrected chi connectivity index (χ3v) is 3.00. The van der Waals surface area contributed by atoms with Gasteiger partial charge in [0.05, 0.1) is 6.04 Å². The lowest BCUT2D eigenvalue weighted by atomic mass is 9.80. The average Bonchev–Trinajstić information content (AvgIpc) is 1.99. The molecular weight excluding hydrogens is 164 g/mol. The van der Waals surface area contributed by atoms with Crippen molar-refractivity contribution in [1.29, 1.82) is 0 Å². The first-order valence-corrected chi connectivity index (χ1v) is 5.21. The molecule has 0 aliphatic heterocycles. The van der Waals surface area contributed by atoms with E-state index >= 15 is 0 Å². The molecule has 1 rings (SSSR count). The summed E-state index contributed by atoms with van der Waals surface area (Å²) in [4.78, 5) is 11.4. The highest BCUT2D eigenvalue weighted by atomic mass is 16.2. The van der Waals surface area contributed by atoms with Gasteiger partial charge in [0.2, 0.25) is 5.91 Å². The molecule has 0 bridgehead atoms. The van der Waals surface area contributed by atoms with Crippen LogP contribution in [0.1, 0.15) is 39.5 Å². The van der Waals surface area contributed by atoms with E-state index in [9.17, 15) is 4.79 Å². The van der Waals surface area contributed by atoms with Crippen LogP contribution in [0.2, 0.25) is 0 Å². The molecule has 1 unspecified atom stereocenters. The molecule has 2 atom stereocenters. The van der Waals surface area contributed by atoms with Crippen molar-refractivity contribution in [2.75, 3.05) is 0 Å². The Balaban J connectivity index is 2.26. The third-order valence-electron chi connectivity index (χ3n) is 3.00. The maximum atomic E-state index is 11.4. The molecule has 1 aliphatic carbocycles. The minimum absolute atomic E-state index is 0.00176. The highest BCUT2D eigenvalue weighted by Crippen LogP contribution is 2.29. The van der Waals surface area contributed by atoms with E-state index in [1.807, 2.05) is 6.92 Å². The predicted molar refractivity (Wildman–Crippen MR) is 53.2 cm³/mol. The highest BCUT2D eigenvalue weighted by Gasteiger charge is 2.25. The zero-order chi connectivity index (χ0) is 9.84. The third kappa shape index (κ3) is 2.69. The Labute approximate surface area is 80.1 Å². The summed E-state index contributed by atoms with van der Waals surface area (Å²) < 4.78 is 0. The van der Waals surface area contributed by atoms with Crippen molar-refractivity contribution in [2.24, 2.45) is 11.7 Å². The molecule has 1 fully saturated rings. The monoisotopic (exact) mass is 184 g/mol. The number of nitrogens with two attached hydrogens (primary N) is 1. The van der Waals surface area contributed by atoms with Gasteiger partial charge in [0.25, 0.3) is 0 Å². The van der Waals surface area contributed by atoms with Crippen molar-refractivity contribution in [3.05, 3.63) is 0 Å². The van der Waals surface area contributed by atoms with Crippen LogP contribution in [-0.4, -0.2) is 18.0 Å². The summed E-state index contributed by atoms with van der Waals surface area (Å²) in [5.74, 6) is 0.690. The van der Waals surface area contributed by atoms with Gasteiger partial charge >= 0.3 is 0 Å². The topological polar surface area (TPSA) is 55.1 Å². The van der Waals surface area contributed by atoms with Gasteiger partial charge in [0.1, 0.15) is 0 Å². The number of nitrogens with one attached hydrogen (secondary N) is 1. The predicted octanol–water partition coefficient (Wildman–Crippen LogP) is 1.03. The second kappa shape index (κ2) is 4.61. The Morgan fingerprint density at radius 3 is 2.62 bits per heavy atom. The number of hydrogen-bond acceptors (Lipinski definition) is 2. The standard InChI is InChI=1S/C10H20N2O/c1-3-9(11)10(13)12-7(2)8-5-4-6-8/h7-9H,3-6,11H2,1-2H3,(H,12,13)/t7?,9-/m1/s1. The van der Waals surface area contributed by atoms with E-state index in [1.165, 1.54) is 19.3 Å². The van der Waals surface area contributed by atoms with E-state index < -0.39 is 0 Å². The van der Waals surface area contributed by atoms with Crippen LogP contribution in [0.15, 0.2) is 0 Å². The van der Waals surface area contributed by atoms with Crippen LogP contribution in [0.4, 0.5) is 0 Å². The quantitative estimate of drug-likeness (QED) is 0.685. The Morgan fingerprint density at radius 2 is 2.23 bits per heavy atom. The van der Waals surface area contributed by atoms with Crippen LogP contribution in [0.3, 0.4) is 0 Å². The average molecular weight is 184 g/mol. The number of rotatable bonds is 4. The molecule has 0 aromatic heterocycles. The van der Waals surface area contributed by atoms with Crippen LogP contribution >= 0.6 is 0 Å². The Kier molecular flexibility index (Phi) is 3.72. The molecule has 0 spiro atoms. The zero-order valence-corrected chi connectivity index (χ0v) is 8.55. The highest BCUT2D eigenvalue weighted by molar-refractivity contribution is 5.81. The van der Waals surface area contributed by atoms with Gasteiger partial charge in [-0.1, -0.05) is 13.3 Å². The summed E-state index contributed by atoms with van der Waals surface area (Å²) in [7, 11) is 0. The van der Waals surface area contributed by atoms with E-state index in [0.29, 0.717) is 18.4 Å². The molecule has 3 heteroatoms. The second-order valence-corrected chi connectivity index (χ2v) is 4.00. The van der Waals surface area contributed by atoms with Crippen molar-refractivity contribution < 1.29 is 4.79 Å². The smallest absolute Gasteiger partial charge is 0.237 e. The van der Waals surface area contributed by atoms with E-state index in [2.05, 4.69) is 12.2 Å². The maximum Gasteiger partial charge on any atom is 0.237 e. The molecule has 3 nitrogen and oxygen atoms in total.